The van der Waals surface area contributed by atoms with Crippen molar-refractivity contribution in [3.63, 3.8) is 0 Å². The van der Waals surface area contributed by atoms with Crippen LogP contribution in [0, 0.1) is 0 Å². The molecule has 0 N–H and O–H groups in total. The molecule has 1 fully saturated rings. The second-order valence-electron chi connectivity index (χ2n) is 4.87. The molecule has 1 heterocycles. The Kier molecular flexibility index (Phi) is 2.94. The van der Waals surface area contributed by atoms with Crippen LogP contribution in [-0.4, -0.2) is 36.2 Å². The molecule has 3 nitrogen and oxygen atoms in total. The minimum atomic E-state index is -3.36. The summed E-state index contributed by atoms with van der Waals surface area (Å²) in [5.41, 5.74) is 0. The molecule has 0 radical (unpaired) electrons. The highest BCUT2D eigenvalue weighted by atomic mass is 32.2. The van der Waals surface area contributed by atoms with E-state index in [2.05, 4.69) is 0 Å². The Morgan fingerprint density at radius 1 is 1.36 bits per heavy atom. The van der Waals surface area contributed by atoms with E-state index in [-0.39, 0.29) is 12.6 Å². The number of halogens is 1. The maximum atomic E-state index is 13.0. The van der Waals surface area contributed by atoms with Crippen molar-refractivity contribution in [2.45, 2.75) is 51.1 Å². The summed E-state index contributed by atoms with van der Waals surface area (Å²) in [6.07, 6.45) is -0.697. The summed E-state index contributed by atoms with van der Waals surface area (Å²) in [5, 5.41) is 0. The second kappa shape index (κ2) is 3.45. The van der Waals surface area contributed by atoms with Gasteiger partial charge in [-0.05, 0) is 34.1 Å². The molecule has 2 atom stereocenters. The lowest BCUT2D eigenvalue weighted by Gasteiger charge is -2.29. The SMILES string of the molecule is CC1CC(F)CN1S(=O)(=O)C(C)(C)C. The van der Waals surface area contributed by atoms with Gasteiger partial charge in [-0.2, -0.15) is 4.31 Å². The zero-order valence-electron chi connectivity index (χ0n) is 9.12. The fraction of sp³-hybridized carbons (Fsp3) is 1.00. The Morgan fingerprint density at radius 2 is 1.86 bits per heavy atom. The summed E-state index contributed by atoms with van der Waals surface area (Å²) < 4.78 is 37.4. The van der Waals surface area contributed by atoms with Crippen molar-refractivity contribution < 1.29 is 12.8 Å². The Morgan fingerprint density at radius 3 is 2.14 bits per heavy atom. The summed E-state index contributed by atoms with van der Waals surface area (Å²) in [5.74, 6) is 0. The number of nitrogens with zero attached hydrogens (tertiary/aromatic N) is 1. The van der Waals surface area contributed by atoms with Gasteiger partial charge in [0.05, 0.1) is 4.75 Å². The van der Waals surface area contributed by atoms with Crippen LogP contribution >= 0.6 is 0 Å². The highest BCUT2D eigenvalue weighted by molar-refractivity contribution is 7.90. The number of hydrogen-bond donors (Lipinski definition) is 0. The topological polar surface area (TPSA) is 37.4 Å². The van der Waals surface area contributed by atoms with Crippen molar-refractivity contribution in [3.05, 3.63) is 0 Å². The minimum Gasteiger partial charge on any atom is -0.246 e. The summed E-state index contributed by atoms with van der Waals surface area (Å²) in [7, 11) is -3.36. The Balaban J connectivity index is 2.95. The van der Waals surface area contributed by atoms with E-state index >= 15 is 0 Å². The molecule has 14 heavy (non-hydrogen) atoms. The maximum absolute atomic E-state index is 13.0. The quantitative estimate of drug-likeness (QED) is 0.676. The van der Waals surface area contributed by atoms with E-state index in [1.54, 1.807) is 27.7 Å². The van der Waals surface area contributed by atoms with Gasteiger partial charge >= 0.3 is 0 Å². The molecule has 0 saturated carbocycles. The molecular weight excluding hydrogens is 205 g/mol. The van der Waals surface area contributed by atoms with Gasteiger partial charge in [-0.1, -0.05) is 0 Å². The molecule has 84 valence electrons. The molecule has 5 heteroatoms. The van der Waals surface area contributed by atoms with Crippen LogP contribution in [0.4, 0.5) is 4.39 Å². The summed E-state index contributed by atoms with van der Waals surface area (Å²) in [6.45, 7) is 6.69. The van der Waals surface area contributed by atoms with Crippen molar-refractivity contribution in [1.29, 1.82) is 0 Å². The fourth-order valence-electron chi connectivity index (χ4n) is 1.62. The predicted octanol–water partition coefficient (Wildman–Crippen LogP) is 1.55. The average Bonchev–Trinajstić information content (AvgIpc) is 2.27. The molecule has 2 unspecified atom stereocenters. The smallest absolute Gasteiger partial charge is 0.219 e. The van der Waals surface area contributed by atoms with Crippen molar-refractivity contribution in [1.82, 2.24) is 4.31 Å². The minimum absolute atomic E-state index is 0.0147. The number of rotatable bonds is 1. The van der Waals surface area contributed by atoms with E-state index in [9.17, 15) is 12.8 Å². The van der Waals surface area contributed by atoms with Gasteiger partial charge in [0.1, 0.15) is 6.17 Å². The summed E-state index contributed by atoms with van der Waals surface area (Å²) in [4.78, 5) is 0. The van der Waals surface area contributed by atoms with E-state index in [0.29, 0.717) is 6.42 Å². The lowest BCUT2D eigenvalue weighted by Crippen LogP contribution is -2.44. The monoisotopic (exact) mass is 223 g/mol. The van der Waals surface area contributed by atoms with Gasteiger partial charge in [0.15, 0.2) is 0 Å². The highest BCUT2D eigenvalue weighted by Gasteiger charge is 2.43. The van der Waals surface area contributed by atoms with Crippen LogP contribution in [0.3, 0.4) is 0 Å². The molecule has 0 aromatic heterocycles. The third kappa shape index (κ3) is 1.93. The second-order valence-corrected chi connectivity index (χ2v) is 7.51. The normalized spacial score (nSPS) is 30.9. The number of alkyl halides is 1. The van der Waals surface area contributed by atoms with Gasteiger partial charge in [0, 0.05) is 12.6 Å². The fourth-order valence-corrected chi connectivity index (χ4v) is 3.25. The van der Waals surface area contributed by atoms with Crippen LogP contribution in [0.2, 0.25) is 0 Å². The van der Waals surface area contributed by atoms with Crippen LogP contribution in [0.15, 0.2) is 0 Å². The zero-order valence-corrected chi connectivity index (χ0v) is 9.94. The number of hydrogen-bond acceptors (Lipinski definition) is 2. The van der Waals surface area contributed by atoms with Gasteiger partial charge in [0.25, 0.3) is 0 Å². The van der Waals surface area contributed by atoms with Crippen LogP contribution < -0.4 is 0 Å². The maximum Gasteiger partial charge on any atom is 0.219 e. The van der Waals surface area contributed by atoms with Crippen LogP contribution in [0.5, 0.6) is 0 Å². The molecule has 0 aromatic rings. The lowest BCUT2D eigenvalue weighted by molar-refractivity contribution is 0.339. The predicted molar refractivity (Wildman–Crippen MR) is 54.4 cm³/mol. The van der Waals surface area contributed by atoms with Crippen molar-refractivity contribution in [3.8, 4) is 0 Å². The van der Waals surface area contributed by atoms with Gasteiger partial charge < -0.3 is 0 Å². The third-order valence-electron chi connectivity index (χ3n) is 2.55. The average molecular weight is 223 g/mol. The molecule has 1 rings (SSSR count). The largest absolute Gasteiger partial charge is 0.246 e. The van der Waals surface area contributed by atoms with E-state index in [1.165, 1.54) is 4.31 Å². The van der Waals surface area contributed by atoms with Crippen LogP contribution in [-0.2, 0) is 10.0 Å². The number of sulfonamides is 1. The third-order valence-corrected chi connectivity index (χ3v) is 5.22. The van der Waals surface area contributed by atoms with E-state index in [4.69, 9.17) is 0 Å². The zero-order chi connectivity index (χ0) is 11.1. The van der Waals surface area contributed by atoms with Crippen molar-refractivity contribution >= 4 is 10.0 Å². The van der Waals surface area contributed by atoms with Gasteiger partial charge in [-0.25, -0.2) is 12.8 Å². The first-order valence-corrected chi connectivity index (χ1v) is 6.25. The molecule has 1 aliphatic heterocycles. The van der Waals surface area contributed by atoms with Crippen molar-refractivity contribution in [2.24, 2.45) is 0 Å². The molecule has 0 aliphatic carbocycles. The Hall–Kier alpha value is -0.160. The molecule has 0 amide bonds. The first-order chi connectivity index (χ1) is 6.16. The Labute approximate surface area is 85.3 Å². The molecule has 0 aromatic carbocycles. The standard InChI is InChI=1S/C9H18FNO2S/c1-7-5-8(10)6-11(7)14(12,13)9(2,3)4/h7-8H,5-6H2,1-4H3. The molecule has 0 bridgehead atoms. The summed E-state index contributed by atoms with van der Waals surface area (Å²) in [6, 6.07) is -0.214. The summed E-state index contributed by atoms with van der Waals surface area (Å²) >= 11 is 0. The van der Waals surface area contributed by atoms with Gasteiger partial charge in [-0.3, -0.25) is 0 Å². The van der Waals surface area contributed by atoms with Crippen molar-refractivity contribution in [2.75, 3.05) is 6.54 Å². The van der Waals surface area contributed by atoms with Crippen LogP contribution in [0.1, 0.15) is 34.1 Å². The van der Waals surface area contributed by atoms with Gasteiger partial charge in [0.2, 0.25) is 10.0 Å². The Bertz CT molecular complexity index is 307. The molecule has 0 spiro atoms. The van der Waals surface area contributed by atoms with Gasteiger partial charge in [-0.15, -0.1) is 0 Å². The first-order valence-electron chi connectivity index (χ1n) is 4.81. The molecular formula is C9H18FNO2S. The highest BCUT2D eigenvalue weighted by Crippen LogP contribution is 2.29. The first kappa shape index (κ1) is 11.9. The molecule has 1 aliphatic rings. The van der Waals surface area contributed by atoms with E-state index in [0.717, 1.165) is 0 Å². The van der Waals surface area contributed by atoms with E-state index < -0.39 is 20.9 Å². The van der Waals surface area contributed by atoms with E-state index in [1.807, 2.05) is 0 Å². The molecule has 1 saturated heterocycles. The lowest BCUT2D eigenvalue weighted by atomic mass is 10.2. The van der Waals surface area contributed by atoms with Crippen LogP contribution in [0.25, 0.3) is 0 Å².